The highest BCUT2D eigenvalue weighted by Gasteiger charge is 2.31. The van der Waals surface area contributed by atoms with Crippen LogP contribution in [0.4, 0.5) is 5.69 Å². The van der Waals surface area contributed by atoms with Crippen LogP contribution in [0.2, 0.25) is 0 Å². The number of H-pyrrole nitrogens is 1. The summed E-state index contributed by atoms with van der Waals surface area (Å²) in [5.74, 6) is 0.116. The van der Waals surface area contributed by atoms with Crippen LogP contribution in [0.3, 0.4) is 0 Å². The number of aromatic amines is 1. The van der Waals surface area contributed by atoms with E-state index in [-0.39, 0.29) is 11.7 Å². The summed E-state index contributed by atoms with van der Waals surface area (Å²) < 4.78 is 0. The van der Waals surface area contributed by atoms with E-state index in [0.29, 0.717) is 24.1 Å². The Balaban J connectivity index is 1.55. The third kappa shape index (κ3) is 3.02. The molecule has 1 amide bonds. The summed E-state index contributed by atoms with van der Waals surface area (Å²) >= 11 is 0. The normalized spacial score (nSPS) is 17.8. The van der Waals surface area contributed by atoms with E-state index in [2.05, 4.69) is 22.0 Å². The van der Waals surface area contributed by atoms with E-state index in [1.807, 2.05) is 30.0 Å². The number of hydrogen-bond acceptors (Lipinski definition) is 3. The maximum atomic E-state index is 13.2. The number of rotatable bonds is 2. The summed E-state index contributed by atoms with van der Waals surface area (Å²) in [4.78, 5) is 33.2. The number of aromatic nitrogens is 1. The number of benzene rings is 1. The van der Waals surface area contributed by atoms with E-state index in [1.165, 1.54) is 5.69 Å². The summed E-state index contributed by atoms with van der Waals surface area (Å²) in [5, 5.41) is 0. The van der Waals surface area contributed by atoms with Gasteiger partial charge in [-0.15, -0.1) is 0 Å². The molecule has 0 bridgehead atoms. The van der Waals surface area contributed by atoms with Crippen molar-refractivity contribution in [3.05, 3.63) is 52.8 Å². The predicted octanol–water partition coefficient (Wildman–Crippen LogP) is 3.19. The first-order chi connectivity index (χ1) is 12.6. The molecule has 26 heavy (non-hydrogen) atoms. The van der Waals surface area contributed by atoms with Gasteiger partial charge >= 0.3 is 0 Å². The molecule has 2 heterocycles. The van der Waals surface area contributed by atoms with Crippen molar-refractivity contribution in [2.75, 3.05) is 31.1 Å². The minimum absolute atomic E-state index is 0.00478. The van der Waals surface area contributed by atoms with Crippen molar-refractivity contribution in [3.63, 3.8) is 0 Å². The van der Waals surface area contributed by atoms with Crippen molar-refractivity contribution in [3.8, 4) is 0 Å². The Morgan fingerprint density at radius 1 is 1.00 bits per heavy atom. The van der Waals surface area contributed by atoms with Gasteiger partial charge in [0.25, 0.3) is 5.91 Å². The number of fused-ring (bicyclic) bond motifs is 1. The lowest BCUT2D eigenvalue weighted by atomic mass is 9.92. The van der Waals surface area contributed by atoms with Crippen LogP contribution < -0.4 is 4.90 Å². The maximum Gasteiger partial charge on any atom is 0.256 e. The quantitative estimate of drug-likeness (QED) is 0.904. The Kier molecular flexibility index (Phi) is 4.53. The zero-order valence-electron chi connectivity index (χ0n) is 15.3. The fourth-order valence-corrected chi connectivity index (χ4v) is 4.18. The van der Waals surface area contributed by atoms with Gasteiger partial charge in [-0.1, -0.05) is 18.2 Å². The van der Waals surface area contributed by atoms with E-state index in [0.717, 1.165) is 50.3 Å². The smallest absolute Gasteiger partial charge is 0.256 e. The monoisotopic (exact) mass is 351 g/mol. The number of amides is 1. The molecule has 1 N–H and O–H groups in total. The number of hydrogen-bond donors (Lipinski definition) is 1. The SMILES string of the molecule is Cc1[nH]c2c(c1C(=O)N1CCCN(c3ccccc3)CC1)C(=O)CCC2. The van der Waals surface area contributed by atoms with Crippen LogP contribution in [0.5, 0.6) is 0 Å². The Labute approximate surface area is 154 Å². The van der Waals surface area contributed by atoms with Gasteiger partial charge in [-0.2, -0.15) is 0 Å². The van der Waals surface area contributed by atoms with Crippen LogP contribution in [0.1, 0.15) is 51.4 Å². The Bertz CT molecular complexity index is 825. The zero-order chi connectivity index (χ0) is 18.1. The molecular formula is C21H25N3O2. The first-order valence-electron chi connectivity index (χ1n) is 9.49. The van der Waals surface area contributed by atoms with Crippen LogP contribution in [0, 0.1) is 6.92 Å². The lowest BCUT2D eigenvalue weighted by Crippen LogP contribution is -2.36. The number of carbonyl (C=O) groups is 2. The molecule has 1 aliphatic heterocycles. The van der Waals surface area contributed by atoms with Crippen molar-refractivity contribution >= 4 is 17.4 Å². The van der Waals surface area contributed by atoms with Gasteiger partial charge in [0.15, 0.2) is 5.78 Å². The van der Waals surface area contributed by atoms with E-state index < -0.39 is 0 Å². The fraction of sp³-hybridized carbons (Fsp3) is 0.429. The standard InChI is InChI=1S/C21H25N3O2/c1-15-19(20-17(22-15)9-5-10-18(20)25)21(26)24-12-6-11-23(13-14-24)16-7-3-2-4-8-16/h2-4,7-8,22H,5-6,9-14H2,1H3. The molecule has 1 aromatic heterocycles. The average Bonchev–Trinajstić information content (AvgIpc) is 2.83. The van der Waals surface area contributed by atoms with Crippen LogP contribution in [0.15, 0.2) is 30.3 Å². The summed E-state index contributed by atoms with van der Waals surface area (Å²) in [6.45, 7) is 5.08. The summed E-state index contributed by atoms with van der Waals surface area (Å²) in [5.41, 5.74) is 4.25. The Morgan fingerprint density at radius 2 is 1.81 bits per heavy atom. The van der Waals surface area contributed by atoms with Gasteiger partial charge < -0.3 is 14.8 Å². The van der Waals surface area contributed by atoms with E-state index in [1.54, 1.807) is 0 Å². The van der Waals surface area contributed by atoms with Crippen molar-refractivity contribution in [2.24, 2.45) is 0 Å². The molecule has 0 spiro atoms. The second-order valence-electron chi connectivity index (χ2n) is 7.22. The number of para-hydroxylation sites is 1. The van der Waals surface area contributed by atoms with Gasteiger partial charge in [-0.05, 0) is 38.3 Å². The third-order valence-electron chi connectivity index (χ3n) is 5.49. The molecule has 0 saturated carbocycles. The second-order valence-corrected chi connectivity index (χ2v) is 7.22. The lowest BCUT2D eigenvalue weighted by Gasteiger charge is -2.24. The largest absolute Gasteiger partial charge is 0.370 e. The molecule has 0 atom stereocenters. The number of aryl methyl sites for hydroxylation is 2. The predicted molar refractivity (Wildman–Crippen MR) is 102 cm³/mol. The van der Waals surface area contributed by atoms with Crippen molar-refractivity contribution in [2.45, 2.75) is 32.6 Å². The molecule has 0 radical (unpaired) electrons. The summed E-state index contributed by atoms with van der Waals surface area (Å²) in [7, 11) is 0. The number of carbonyl (C=O) groups excluding carboxylic acids is 2. The zero-order valence-corrected chi connectivity index (χ0v) is 15.3. The molecule has 136 valence electrons. The van der Waals surface area contributed by atoms with Crippen LogP contribution >= 0.6 is 0 Å². The van der Waals surface area contributed by atoms with Gasteiger partial charge in [0.05, 0.1) is 11.1 Å². The number of nitrogens with zero attached hydrogens (tertiary/aromatic N) is 2. The third-order valence-corrected chi connectivity index (χ3v) is 5.49. The number of anilines is 1. The fourth-order valence-electron chi connectivity index (χ4n) is 4.18. The highest BCUT2D eigenvalue weighted by Crippen LogP contribution is 2.28. The molecule has 1 aromatic carbocycles. The van der Waals surface area contributed by atoms with Crippen molar-refractivity contribution in [1.82, 2.24) is 9.88 Å². The van der Waals surface area contributed by atoms with Crippen molar-refractivity contribution < 1.29 is 9.59 Å². The maximum absolute atomic E-state index is 13.2. The highest BCUT2D eigenvalue weighted by molar-refractivity contribution is 6.10. The number of Topliss-reactive ketones (excluding diaryl/α,β-unsaturated/α-hetero) is 1. The second kappa shape index (κ2) is 6.98. The molecular weight excluding hydrogens is 326 g/mol. The molecule has 0 unspecified atom stereocenters. The molecule has 5 heteroatoms. The first-order valence-corrected chi connectivity index (χ1v) is 9.49. The van der Waals surface area contributed by atoms with E-state index in [9.17, 15) is 9.59 Å². The average molecular weight is 351 g/mol. The molecule has 2 aliphatic rings. The minimum atomic E-state index is 0.00478. The van der Waals surface area contributed by atoms with Gasteiger partial charge in [-0.25, -0.2) is 0 Å². The molecule has 1 aliphatic carbocycles. The highest BCUT2D eigenvalue weighted by atomic mass is 16.2. The van der Waals surface area contributed by atoms with E-state index >= 15 is 0 Å². The minimum Gasteiger partial charge on any atom is -0.370 e. The van der Waals surface area contributed by atoms with Crippen LogP contribution in [-0.2, 0) is 6.42 Å². The van der Waals surface area contributed by atoms with Gasteiger partial charge in [0.1, 0.15) is 0 Å². The van der Waals surface area contributed by atoms with Gasteiger partial charge in [0.2, 0.25) is 0 Å². The number of ketones is 1. The molecule has 5 nitrogen and oxygen atoms in total. The Morgan fingerprint density at radius 3 is 2.62 bits per heavy atom. The summed E-state index contributed by atoms with van der Waals surface area (Å²) in [6, 6.07) is 10.3. The lowest BCUT2D eigenvalue weighted by molar-refractivity contribution is 0.0760. The van der Waals surface area contributed by atoms with Gasteiger partial charge in [0, 0.05) is 49.7 Å². The first kappa shape index (κ1) is 16.9. The van der Waals surface area contributed by atoms with Crippen LogP contribution in [-0.4, -0.2) is 47.8 Å². The number of nitrogens with one attached hydrogen (secondary N) is 1. The van der Waals surface area contributed by atoms with E-state index in [4.69, 9.17) is 0 Å². The topological polar surface area (TPSA) is 56.4 Å². The molecule has 2 aromatic rings. The molecule has 1 saturated heterocycles. The van der Waals surface area contributed by atoms with Gasteiger partial charge in [-0.3, -0.25) is 9.59 Å². The molecule has 1 fully saturated rings. The van der Waals surface area contributed by atoms with Crippen LogP contribution in [0.25, 0.3) is 0 Å². The Hall–Kier alpha value is -2.56. The summed E-state index contributed by atoms with van der Waals surface area (Å²) in [6.07, 6.45) is 3.21. The van der Waals surface area contributed by atoms with Crippen molar-refractivity contribution in [1.29, 1.82) is 0 Å². The molecule has 4 rings (SSSR count).